The van der Waals surface area contributed by atoms with Crippen LogP contribution in [0.5, 0.6) is 0 Å². The maximum Gasteiger partial charge on any atom is 0.248 e. The zero-order valence-electron chi connectivity index (χ0n) is 9.75. The molecule has 1 amide bonds. The first kappa shape index (κ1) is 13.4. The molecular formula is C10H22N2O2. The highest BCUT2D eigenvalue weighted by Crippen LogP contribution is 1.88. The molecule has 0 fully saturated rings. The number of hydrogen-bond donors (Lipinski definition) is 0. The van der Waals surface area contributed by atoms with Crippen LogP contribution in [-0.4, -0.2) is 63.2 Å². The van der Waals surface area contributed by atoms with Crippen LogP contribution in [0, 0.1) is 0 Å². The van der Waals surface area contributed by atoms with E-state index >= 15 is 0 Å². The van der Waals surface area contributed by atoms with Gasteiger partial charge in [0.25, 0.3) is 0 Å². The number of carbonyl (C=O) groups is 1. The van der Waals surface area contributed by atoms with E-state index in [1.165, 1.54) is 0 Å². The van der Waals surface area contributed by atoms with E-state index < -0.39 is 0 Å². The van der Waals surface area contributed by atoms with Crippen molar-refractivity contribution >= 4 is 5.91 Å². The van der Waals surface area contributed by atoms with Crippen molar-refractivity contribution in [2.75, 3.05) is 47.4 Å². The minimum Gasteiger partial charge on any atom is -0.372 e. The Bertz CT molecular complexity index is 160. The first-order valence-electron chi connectivity index (χ1n) is 5.04. The van der Waals surface area contributed by atoms with Crippen LogP contribution in [0.1, 0.15) is 13.3 Å². The van der Waals surface area contributed by atoms with Gasteiger partial charge in [0.15, 0.2) is 0 Å². The van der Waals surface area contributed by atoms with Crippen LogP contribution in [0.2, 0.25) is 0 Å². The molecule has 4 heteroatoms. The fourth-order valence-corrected chi connectivity index (χ4v) is 0.889. The first-order valence-corrected chi connectivity index (χ1v) is 5.04. The van der Waals surface area contributed by atoms with E-state index in [1.807, 2.05) is 21.0 Å². The van der Waals surface area contributed by atoms with Crippen LogP contribution in [-0.2, 0) is 9.53 Å². The van der Waals surface area contributed by atoms with E-state index in [4.69, 9.17) is 4.74 Å². The summed E-state index contributed by atoms with van der Waals surface area (Å²) in [5.41, 5.74) is 0. The number of rotatable bonds is 7. The van der Waals surface area contributed by atoms with Gasteiger partial charge in [-0.05, 0) is 20.5 Å². The quantitative estimate of drug-likeness (QED) is 0.561. The Morgan fingerprint density at radius 1 is 1.21 bits per heavy atom. The Hall–Kier alpha value is -0.610. The van der Waals surface area contributed by atoms with Gasteiger partial charge in [-0.1, -0.05) is 6.92 Å². The lowest BCUT2D eigenvalue weighted by molar-refractivity contribution is -0.134. The molecule has 84 valence electrons. The third-order valence-corrected chi connectivity index (χ3v) is 1.88. The van der Waals surface area contributed by atoms with Gasteiger partial charge in [-0.25, -0.2) is 0 Å². The summed E-state index contributed by atoms with van der Waals surface area (Å²) in [5.74, 6) is 0.0558. The van der Waals surface area contributed by atoms with Gasteiger partial charge in [0.2, 0.25) is 5.91 Å². The lowest BCUT2D eigenvalue weighted by Gasteiger charge is -2.19. The monoisotopic (exact) mass is 202 g/mol. The van der Waals surface area contributed by atoms with E-state index in [-0.39, 0.29) is 12.5 Å². The molecule has 0 radical (unpaired) electrons. The maximum absolute atomic E-state index is 11.4. The van der Waals surface area contributed by atoms with E-state index in [2.05, 4.69) is 4.90 Å². The lowest BCUT2D eigenvalue weighted by Crippen LogP contribution is -2.35. The van der Waals surface area contributed by atoms with Crippen molar-refractivity contribution < 1.29 is 9.53 Å². The van der Waals surface area contributed by atoms with Crippen LogP contribution >= 0.6 is 0 Å². The highest BCUT2D eigenvalue weighted by molar-refractivity contribution is 5.77. The molecule has 4 nitrogen and oxygen atoms in total. The van der Waals surface area contributed by atoms with E-state index in [1.54, 1.807) is 11.9 Å². The number of nitrogens with zero attached hydrogens (tertiary/aromatic N) is 2. The van der Waals surface area contributed by atoms with Gasteiger partial charge < -0.3 is 14.5 Å². The second-order valence-corrected chi connectivity index (χ2v) is 3.67. The van der Waals surface area contributed by atoms with Crippen LogP contribution in [0.3, 0.4) is 0 Å². The van der Waals surface area contributed by atoms with Gasteiger partial charge >= 0.3 is 0 Å². The normalized spacial score (nSPS) is 10.6. The molecule has 0 unspecified atom stereocenters. The third-order valence-electron chi connectivity index (χ3n) is 1.88. The number of hydrogen-bond acceptors (Lipinski definition) is 3. The van der Waals surface area contributed by atoms with Crippen molar-refractivity contribution in [3.05, 3.63) is 0 Å². The highest BCUT2D eigenvalue weighted by atomic mass is 16.5. The van der Waals surface area contributed by atoms with Crippen molar-refractivity contribution in [1.82, 2.24) is 9.80 Å². The molecule has 0 aromatic heterocycles. The average molecular weight is 202 g/mol. The molecule has 0 aromatic carbocycles. The molecule has 0 aliphatic heterocycles. The lowest BCUT2D eigenvalue weighted by atomic mass is 10.4. The van der Waals surface area contributed by atoms with Gasteiger partial charge in [0.1, 0.15) is 6.61 Å². The van der Waals surface area contributed by atoms with Crippen LogP contribution in [0.25, 0.3) is 0 Å². The second-order valence-electron chi connectivity index (χ2n) is 3.67. The van der Waals surface area contributed by atoms with E-state index in [9.17, 15) is 4.79 Å². The van der Waals surface area contributed by atoms with Crippen molar-refractivity contribution in [2.24, 2.45) is 0 Å². The zero-order chi connectivity index (χ0) is 11.0. The Morgan fingerprint density at radius 2 is 1.86 bits per heavy atom. The minimum atomic E-state index is 0.0558. The summed E-state index contributed by atoms with van der Waals surface area (Å²) in [6.07, 6.45) is 0.953. The molecule has 0 spiro atoms. The molecule has 0 saturated heterocycles. The topological polar surface area (TPSA) is 32.8 Å². The molecule has 0 rings (SSSR count). The third kappa shape index (κ3) is 6.86. The fourth-order valence-electron chi connectivity index (χ4n) is 0.889. The van der Waals surface area contributed by atoms with Crippen LogP contribution < -0.4 is 0 Å². The summed E-state index contributed by atoms with van der Waals surface area (Å²) >= 11 is 0. The van der Waals surface area contributed by atoms with E-state index in [0.717, 1.165) is 19.5 Å². The van der Waals surface area contributed by atoms with Crippen molar-refractivity contribution in [1.29, 1.82) is 0 Å². The highest BCUT2D eigenvalue weighted by Gasteiger charge is 2.07. The number of ether oxygens (including phenoxy) is 1. The van der Waals surface area contributed by atoms with Gasteiger partial charge in [-0.15, -0.1) is 0 Å². The van der Waals surface area contributed by atoms with Gasteiger partial charge in [-0.2, -0.15) is 0 Å². The molecule has 0 N–H and O–H groups in total. The summed E-state index contributed by atoms with van der Waals surface area (Å²) in [6.45, 7) is 4.53. The average Bonchev–Trinajstić information content (AvgIpc) is 2.14. The fraction of sp³-hybridized carbons (Fsp3) is 0.900. The molecule has 0 heterocycles. The molecular weight excluding hydrogens is 180 g/mol. The molecule has 14 heavy (non-hydrogen) atoms. The molecule has 0 aliphatic carbocycles. The molecule has 0 aliphatic rings. The zero-order valence-corrected chi connectivity index (χ0v) is 9.75. The number of likely N-dealkylation sites (N-methyl/N-ethyl adjacent to an activating group) is 2. The smallest absolute Gasteiger partial charge is 0.248 e. The van der Waals surface area contributed by atoms with Gasteiger partial charge in [-0.3, -0.25) is 4.79 Å². The van der Waals surface area contributed by atoms with Gasteiger partial charge in [0, 0.05) is 26.7 Å². The Labute approximate surface area is 86.8 Å². The predicted molar refractivity (Wildman–Crippen MR) is 57.3 cm³/mol. The Morgan fingerprint density at radius 3 is 2.36 bits per heavy atom. The minimum absolute atomic E-state index is 0.0558. The number of amides is 1. The summed E-state index contributed by atoms with van der Waals surface area (Å²) in [6, 6.07) is 0. The molecule has 0 saturated carbocycles. The summed E-state index contributed by atoms with van der Waals surface area (Å²) in [7, 11) is 5.79. The summed E-state index contributed by atoms with van der Waals surface area (Å²) in [4.78, 5) is 15.2. The Kier molecular flexibility index (Phi) is 7.42. The molecule has 0 bridgehead atoms. The van der Waals surface area contributed by atoms with Crippen molar-refractivity contribution in [3.63, 3.8) is 0 Å². The molecule has 0 atom stereocenters. The van der Waals surface area contributed by atoms with Crippen LogP contribution in [0.15, 0.2) is 0 Å². The largest absolute Gasteiger partial charge is 0.372 e. The van der Waals surface area contributed by atoms with E-state index in [0.29, 0.717) is 6.61 Å². The second kappa shape index (κ2) is 7.76. The Balaban J connectivity index is 3.54. The SMILES string of the molecule is CCCOCC(=O)N(C)CCN(C)C. The van der Waals surface area contributed by atoms with Crippen molar-refractivity contribution in [3.8, 4) is 0 Å². The van der Waals surface area contributed by atoms with Crippen LogP contribution in [0.4, 0.5) is 0 Å². The van der Waals surface area contributed by atoms with Crippen molar-refractivity contribution in [2.45, 2.75) is 13.3 Å². The maximum atomic E-state index is 11.4. The van der Waals surface area contributed by atoms with Gasteiger partial charge in [0.05, 0.1) is 0 Å². The molecule has 0 aromatic rings. The summed E-state index contributed by atoms with van der Waals surface area (Å²) in [5, 5.41) is 0. The number of carbonyl (C=O) groups excluding carboxylic acids is 1. The predicted octanol–water partition coefficient (Wildman–Crippen LogP) is 0.433. The first-order chi connectivity index (χ1) is 6.57. The summed E-state index contributed by atoms with van der Waals surface area (Å²) < 4.78 is 5.17. The standard InChI is InChI=1S/C10H22N2O2/c1-5-8-14-9-10(13)12(4)7-6-11(2)3/h5-9H2,1-4H3.